The van der Waals surface area contributed by atoms with Crippen LogP contribution >= 0.6 is 11.3 Å². The van der Waals surface area contributed by atoms with Crippen LogP contribution in [0.2, 0.25) is 0 Å². The van der Waals surface area contributed by atoms with Gasteiger partial charge in [-0.3, -0.25) is 0 Å². The van der Waals surface area contributed by atoms with Gasteiger partial charge >= 0.3 is 0 Å². The molecule has 0 N–H and O–H groups in total. The molecule has 0 aliphatic heterocycles. The second kappa shape index (κ2) is 10.6. The summed E-state index contributed by atoms with van der Waals surface area (Å²) in [6, 6.07) is 58.9. The highest BCUT2D eigenvalue weighted by Gasteiger charge is 2.20. The van der Waals surface area contributed by atoms with Crippen LogP contribution in [0, 0.1) is 0 Å². The molecule has 0 amide bonds. The lowest BCUT2D eigenvalue weighted by molar-refractivity contribution is 1.18. The molecule has 0 fully saturated rings. The molecule has 3 nitrogen and oxygen atoms in total. The third kappa shape index (κ3) is 4.03. The van der Waals surface area contributed by atoms with Crippen molar-refractivity contribution in [1.82, 2.24) is 14.5 Å². The molecule has 0 saturated heterocycles. The van der Waals surface area contributed by atoms with Crippen molar-refractivity contribution in [3.63, 3.8) is 0 Å². The van der Waals surface area contributed by atoms with Crippen LogP contribution in [0.25, 0.3) is 103 Å². The number of thiophene rings is 1. The maximum atomic E-state index is 5.35. The van der Waals surface area contributed by atoms with Gasteiger partial charge in [-0.25, -0.2) is 9.97 Å². The van der Waals surface area contributed by atoms with Crippen molar-refractivity contribution in [3.05, 3.63) is 164 Å². The van der Waals surface area contributed by atoms with Gasteiger partial charge in [0.1, 0.15) is 0 Å². The maximum absolute atomic E-state index is 5.35. The minimum atomic E-state index is 0.881. The molecule has 0 radical (unpaired) electrons. The second-order valence-corrected chi connectivity index (χ2v) is 14.0. The van der Waals surface area contributed by atoms with Crippen LogP contribution in [0.4, 0.5) is 0 Å². The molecule has 0 spiro atoms. The molecule has 11 rings (SSSR count). The van der Waals surface area contributed by atoms with E-state index in [1.807, 2.05) is 23.5 Å². The fraction of sp³-hybridized carbons (Fsp3) is 0. The smallest absolute Gasteiger partial charge is 0.0987 e. The summed E-state index contributed by atoms with van der Waals surface area (Å²) in [7, 11) is 0. The summed E-state index contributed by atoms with van der Waals surface area (Å²) in [5.74, 6) is 0. The Morgan fingerprint density at radius 1 is 0.440 bits per heavy atom. The highest BCUT2D eigenvalue weighted by atomic mass is 32.1. The molecule has 0 unspecified atom stereocenters. The zero-order valence-electron chi connectivity index (χ0n) is 26.8. The molecule has 0 aliphatic carbocycles. The predicted octanol–water partition coefficient (Wildman–Crippen LogP) is 12.7. The molecular weight excluding hydrogens is 627 g/mol. The van der Waals surface area contributed by atoms with E-state index >= 15 is 0 Å². The van der Waals surface area contributed by atoms with Crippen LogP contribution in [0.15, 0.2) is 164 Å². The second-order valence-electron chi connectivity index (χ2n) is 13.0. The van der Waals surface area contributed by atoms with Gasteiger partial charge in [0.05, 0.1) is 33.5 Å². The van der Waals surface area contributed by atoms with Crippen molar-refractivity contribution in [2.75, 3.05) is 0 Å². The number of benzene rings is 8. The first-order valence-electron chi connectivity index (χ1n) is 16.9. The molecular formula is C46H27N3S. The number of aromatic nitrogens is 3. The quantitative estimate of drug-likeness (QED) is 0.190. The number of hydrogen-bond donors (Lipinski definition) is 0. The maximum Gasteiger partial charge on any atom is 0.0987 e. The molecule has 3 heterocycles. The lowest BCUT2D eigenvalue weighted by atomic mass is 10.0. The summed E-state index contributed by atoms with van der Waals surface area (Å²) < 4.78 is 4.96. The third-order valence-corrected chi connectivity index (χ3v) is 11.3. The molecule has 4 heteroatoms. The normalized spacial score (nSPS) is 12.0. The van der Waals surface area contributed by atoms with E-state index in [0.717, 1.165) is 39.2 Å². The Labute approximate surface area is 291 Å². The SMILES string of the molecule is c1cc(-c2nc3ccccc3nc2-c2cccc3c2sc2ccccc23)cc(-n2c3cc4ccccc4cc3c3ccc4ccccc4c32)c1. The summed E-state index contributed by atoms with van der Waals surface area (Å²) in [4.78, 5) is 10.7. The Hall–Kier alpha value is -6.36. The predicted molar refractivity (Wildman–Crippen MR) is 213 cm³/mol. The molecule has 0 atom stereocenters. The lowest BCUT2D eigenvalue weighted by Crippen LogP contribution is -1.98. The number of nitrogens with zero attached hydrogens (tertiary/aromatic N) is 3. The molecule has 0 aliphatic rings. The van der Waals surface area contributed by atoms with E-state index in [1.165, 1.54) is 63.5 Å². The van der Waals surface area contributed by atoms with Crippen molar-refractivity contribution in [1.29, 1.82) is 0 Å². The Bertz CT molecular complexity index is 3170. The van der Waals surface area contributed by atoms with Gasteiger partial charge in [-0.2, -0.15) is 0 Å². The molecule has 232 valence electrons. The Morgan fingerprint density at radius 2 is 1.12 bits per heavy atom. The number of para-hydroxylation sites is 2. The zero-order chi connectivity index (χ0) is 32.8. The van der Waals surface area contributed by atoms with Gasteiger partial charge in [-0.15, -0.1) is 11.3 Å². The summed E-state index contributed by atoms with van der Waals surface area (Å²) in [5.41, 5.74) is 9.19. The van der Waals surface area contributed by atoms with E-state index in [9.17, 15) is 0 Å². The minimum Gasteiger partial charge on any atom is -0.309 e. The van der Waals surface area contributed by atoms with Crippen molar-refractivity contribution in [2.45, 2.75) is 0 Å². The monoisotopic (exact) mass is 653 g/mol. The van der Waals surface area contributed by atoms with Gasteiger partial charge in [0.2, 0.25) is 0 Å². The van der Waals surface area contributed by atoms with Gasteiger partial charge in [-0.1, -0.05) is 121 Å². The molecule has 0 bridgehead atoms. The minimum absolute atomic E-state index is 0.881. The Kier molecular flexibility index (Phi) is 5.83. The Balaban J connectivity index is 1.22. The highest BCUT2D eigenvalue weighted by molar-refractivity contribution is 7.26. The summed E-state index contributed by atoms with van der Waals surface area (Å²) >= 11 is 1.83. The lowest BCUT2D eigenvalue weighted by Gasteiger charge is -2.14. The molecule has 0 saturated carbocycles. The van der Waals surface area contributed by atoms with Crippen molar-refractivity contribution in [2.24, 2.45) is 0 Å². The first-order valence-corrected chi connectivity index (χ1v) is 17.7. The van der Waals surface area contributed by atoms with Crippen molar-refractivity contribution >= 4 is 85.9 Å². The fourth-order valence-corrected chi connectivity index (χ4v) is 9.06. The fourth-order valence-electron chi connectivity index (χ4n) is 7.85. The largest absolute Gasteiger partial charge is 0.309 e. The van der Waals surface area contributed by atoms with E-state index in [1.54, 1.807) is 0 Å². The van der Waals surface area contributed by atoms with Crippen LogP contribution in [-0.2, 0) is 0 Å². The number of rotatable bonds is 3. The van der Waals surface area contributed by atoms with Crippen LogP contribution in [-0.4, -0.2) is 14.5 Å². The average molecular weight is 654 g/mol. The zero-order valence-corrected chi connectivity index (χ0v) is 27.7. The van der Waals surface area contributed by atoms with E-state index in [-0.39, 0.29) is 0 Å². The van der Waals surface area contributed by atoms with Crippen LogP contribution in [0.1, 0.15) is 0 Å². The summed E-state index contributed by atoms with van der Waals surface area (Å²) in [6.07, 6.45) is 0. The van der Waals surface area contributed by atoms with Gasteiger partial charge in [0, 0.05) is 53.1 Å². The summed E-state index contributed by atoms with van der Waals surface area (Å²) in [5, 5.41) is 9.95. The van der Waals surface area contributed by atoms with E-state index in [2.05, 4.69) is 156 Å². The molecule has 3 aromatic heterocycles. The first-order chi connectivity index (χ1) is 24.8. The third-order valence-electron chi connectivity index (χ3n) is 10.1. The Morgan fingerprint density at radius 3 is 1.98 bits per heavy atom. The van der Waals surface area contributed by atoms with Crippen LogP contribution in [0.5, 0.6) is 0 Å². The van der Waals surface area contributed by atoms with Crippen LogP contribution in [0.3, 0.4) is 0 Å². The molecule has 11 aromatic rings. The van der Waals surface area contributed by atoms with Gasteiger partial charge in [0.25, 0.3) is 0 Å². The number of fused-ring (bicyclic) bond motifs is 10. The molecule has 8 aromatic carbocycles. The molecule has 50 heavy (non-hydrogen) atoms. The van der Waals surface area contributed by atoms with Crippen LogP contribution < -0.4 is 0 Å². The van der Waals surface area contributed by atoms with E-state index in [4.69, 9.17) is 9.97 Å². The standard InChI is InChI=1S/C46H27N3S/c1-2-13-30-27-41-38(26-29(30)12-1)35-24-23-28-11-3-4-16-33(28)45(35)49(41)32-15-9-14-31(25-32)43-44(48-40-21-7-6-20-39(40)47-43)37-19-10-18-36-34-17-5-8-22-42(34)50-46(36)37/h1-27H. The first kappa shape index (κ1) is 27.6. The van der Waals surface area contributed by atoms with Crippen molar-refractivity contribution in [3.8, 4) is 28.2 Å². The highest BCUT2D eigenvalue weighted by Crippen LogP contribution is 2.43. The number of hydrogen-bond acceptors (Lipinski definition) is 3. The van der Waals surface area contributed by atoms with Gasteiger partial charge in [0.15, 0.2) is 0 Å². The van der Waals surface area contributed by atoms with Crippen molar-refractivity contribution < 1.29 is 0 Å². The van der Waals surface area contributed by atoms with Gasteiger partial charge in [-0.05, 0) is 58.6 Å². The van der Waals surface area contributed by atoms with Gasteiger partial charge < -0.3 is 4.57 Å². The summed E-state index contributed by atoms with van der Waals surface area (Å²) in [6.45, 7) is 0. The van der Waals surface area contributed by atoms with E-state index in [0.29, 0.717) is 0 Å². The topological polar surface area (TPSA) is 30.7 Å². The van der Waals surface area contributed by atoms with E-state index < -0.39 is 0 Å². The average Bonchev–Trinajstić information content (AvgIpc) is 3.72.